The highest BCUT2D eigenvalue weighted by atomic mass is 35.5. The van der Waals surface area contributed by atoms with Crippen LogP contribution in [0.25, 0.3) is 0 Å². The summed E-state index contributed by atoms with van der Waals surface area (Å²) in [5.41, 5.74) is 6.31. The number of rotatable bonds is 1. The van der Waals surface area contributed by atoms with Crippen LogP contribution in [0, 0.1) is 0 Å². The molecule has 5 heteroatoms. The zero-order valence-electron chi connectivity index (χ0n) is 8.19. The SMILES string of the molecule is N[C@@H]1CCN(C(=O)c2ccnc(Cl)c2)C1. The van der Waals surface area contributed by atoms with Crippen molar-refractivity contribution in [1.82, 2.24) is 9.88 Å². The van der Waals surface area contributed by atoms with Gasteiger partial charge in [0.05, 0.1) is 0 Å². The number of nitrogens with zero attached hydrogens (tertiary/aromatic N) is 2. The fourth-order valence-electron chi connectivity index (χ4n) is 1.69. The molecule has 15 heavy (non-hydrogen) atoms. The summed E-state index contributed by atoms with van der Waals surface area (Å²) in [5.74, 6) is -0.0211. The molecule has 1 fully saturated rings. The van der Waals surface area contributed by atoms with Gasteiger partial charge < -0.3 is 10.6 Å². The van der Waals surface area contributed by atoms with Crippen LogP contribution in [-0.4, -0.2) is 34.9 Å². The summed E-state index contributed by atoms with van der Waals surface area (Å²) in [6.45, 7) is 1.35. The van der Waals surface area contributed by atoms with E-state index < -0.39 is 0 Å². The summed E-state index contributed by atoms with van der Waals surface area (Å²) >= 11 is 5.72. The third-order valence-electron chi connectivity index (χ3n) is 2.49. The lowest BCUT2D eigenvalue weighted by Gasteiger charge is -2.15. The largest absolute Gasteiger partial charge is 0.337 e. The van der Waals surface area contributed by atoms with Crippen LogP contribution < -0.4 is 5.73 Å². The molecule has 2 rings (SSSR count). The highest BCUT2D eigenvalue weighted by molar-refractivity contribution is 6.29. The third kappa shape index (κ3) is 2.27. The molecule has 1 saturated heterocycles. The first-order chi connectivity index (χ1) is 7.16. The number of nitrogens with two attached hydrogens (primary N) is 1. The molecule has 1 aliphatic rings. The minimum atomic E-state index is -0.0211. The summed E-state index contributed by atoms with van der Waals surface area (Å²) in [7, 11) is 0. The van der Waals surface area contributed by atoms with Crippen molar-refractivity contribution in [2.45, 2.75) is 12.5 Å². The van der Waals surface area contributed by atoms with E-state index in [4.69, 9.17) is 17.3 Å². The van der Waals surface area contributed by atoms with E-state index in [-0.39, 0.29) is 11.9 Å². The second-order valence-corrected chi connectivity index (χ2v) is 4.05. The van der Waals surface area contributed by atoms with Crippen molar-refractivity contribution >= 4 is 17.5 Å². The summed E-state index contributed by atoms with van der Waals surface area (Å²) in [6, 6.07) is 3.34. The molecule has 1 amide bonds. The first-order valence-electron chi connectivity index (χ1n) is 4.83. The quantitative estimate of drug-likeness (QED) is 0.723. The van der Waals surface area contributed by atoms with Gasteiger partial charge in [-0.3, -0.25) is 4.79 Å². The molecule has 0 aliphatic carbocycles. The van der Waals surface area contributed by atoms with E-state index in [0.717, 1.165) is 13.0 Å². The highest BCUT2D eigenvalue weighted by Crippen LogP contribution is 2.14. The molecule has 0 saturated carbocycles. The van der Waals surface area contributed by atoms with Gasteiger partial charge in [-0.05, 0) is 18.6 Å². The van der Waals surface area contributed by atoms with Gasteiger partial charge in [0.1, 0.15) is 5.15 Å². The highest BCUT2D eigenvalue weighted by Gasteiger charge is 2.24. The van der Waals surface area contributed by atoms with Crippen LogP contribution in [0.2, 0.25) is 5.15 Å². The minimum absolute atomic E-state index is 0.0211. The Hall–Kier alpha value is -1.13. The second kappa shape index (κ2) is 4.16. The molecule has 2 heterocycles. The van der Waals surface area contributed by atoms with Crippen molar-refractivity contribution < 1.29 is 4.79 Å². The maximum Gasteiger partial charge on any atom is 0.254 e. The zero-order chi connectivity index (χ0) is 10.8. The van der Waals surface area contributed by atoms with Crippen LogP contribution in [0.5, 0.6) is 0 Å². The maximum atomic E-state index is 11.9. The second-order valence-electron chi connectivity index (χ2n) is 3.67. The standard InChI is InChI=1S/C10H12ClN3O/c11-9-5-7(1-3-13-9)10(15)14-4-2-8(12)6-14/h1,3,5,8H,2,4,6,12H2/t8-/m1/s1. The van der Waals surface area contributed by atoms with Crippen molar-refractivity contribution in [3.05, 3.63) is 29.0 Å². The summed E-state index contributed by atoms with van der Waals surface area (Å²) in [5, 5.41) is 0.337. The van der Waals surface area contributed by atoms with Gasteiger partial charge in [-0.25, -0.2) is 4.98 Å². The Kier molecular flexibility index (Phi) is 2.88. The van der Waals surface area contributed by atoms with Gasteiger partial charge in [0, 0.05) is 30.9 Å². The van der Waals surface area contributed by atoms with Gasteiger partial charge in [-0.2, -0.15) is 0 Å². The molecule has 0 radical (unpaired) electrons. The predicted octanol–water partition coefficient (Wildman–Crippen LogP) is 0.908. The van der Waals surface area contributed by atoms with Gasteiger partial charge >= 0.3 is 0 Å². The van der Waals surface area contributed by atoms with Gasteiger partial charge in [-0.15, -0.1) is 0 Å². The average Bonchev–Trinajstić information content (AvgIpc) is 2.64. The monoisotopic (exact) mass is 225 g/mol. The number of amides is 1. The average molecular weight is 226 g/mol. The molecule has 0 bridgehead atoms. The van der Waals surface area contributed by atoms with Crippen molar-refractivity contribution in [3.63, 3.8) is 0 Å². The smallest absolute Gasteiger partial charge is 0.254 e. The van der Waals surface area contributed by atoms with E-state index in [1.54, 1.807) is 17.0 Å². The Balaban J connectivity index is 2.14. The number of aromatic nitrogens is 1. The Bertz CT molecular complexity index is 383. The van der Waals surface area contributed by atoms with E-state index in [2.05, 4.69) is 4.98 Å². The summed E-state index contributed by atoms with van der Waals surface area (Å²) in [6.07, 6.45) is 2.40. The van der Waals surface area contributed by atoms with Crippen molar-refractivity contribution in [1.29, 1.82) is 0 Å². The van der Waals surface area contributed by atoms with Crippen molar-refractivity contribution in [3.8, 4) is 0 Å². The molecule has 0 unspecified atom stereocenters. The van der Waals surface area contributed by atoms with E-state index >= 15 is 0 Å². The number of halogens is 1. The molecule has 0 aromatic carbocycles. The lowest BCUT2D eigenvalue weighted by Crippen LogP contribution is -2.31. The summed E-state index contributed by atoms with van der Waals surface area (Å²) in [4.78, 5) is 17.5. The molecule has 80 valence electrons. The van der Waals surface area contributed by atoms with Crippen LogP contribution in [-0.2, 0) is 0 Å². The van der Waals surface area contributed by atoms with Crippen LogP contribution in [0.15, 0.2) is 18.3 Å². The lowest BCUT2D eigenvalue weighted by molar-refractivity contribution is 0.0791. The Morgan fingerprint density at radius 3 is 3.07 bits per heavy atom. The van der Waals surface area contributed by atoms with Gasteiger partial charge in [0.2, 0.25) is 0 Å². The fraction of sp³-hybridized carbons (Fsp3) is 0.400. The molecule has 1 aromatic heterocycles. The molecule has 0 spiro atoms. The Morgan fingerprint density at radius 1 is 1.67 bits per heavy atom. The topological polar surface area (TPSA) is 59.2 Å². The first-order valence-corrected chi connectivity index (χ1v) is 5.21. The van der Waals surface area contributed by atoms with Crippen LogP contribution >= 0.6 is 11.6 Å². The van der Waals surface area contributed by atoms with E-state index in [0.29, 0.717) is 17.3 Å². The zero-order valence-corrected chi connectivity index (χ0v) is 8.94. The molecule has 1 aliphatic heterocycles. The van der Waals surface area contributed by atoms with Crippen LogP contribution in [0.1, 0.15) is 16.8 Å². The number of likely N-dealkylation sites (tertiary alicyclic amines) is 1. The van der Waals surface area contributed by atoms with Crippen LogP contribution in [0.3, 0.4) is 0 Å². The molecule has 4 nitrogen and oxygen atoms in total. The normalized spacial score (nSPS) is 20.7. The van der Waals surface area contributed by atoms with E-state index in [1.807, 2.05) is 0 Å². The predicted molar refractivity (Wildman–Crippen MR) is 57.7 cm³/mol. The molecule has 2 N–H and O–H groups in total. The Morgan fingerprint density at radius 2 is 2.47 bits per heavy atom. The van der Waals surface area contributed by atoms with E-state index in [9.17, 15) is 4.79 Å². The van der Waals surface area contributed by atoms with Gasteiger partial charge in [0.25, 0.3) is 5.91 Å². The maximum absolute atomic E-state index is 11.9. The molecular weight excluding hydrogens is 214 g/mol. The number of pyridine rings is 1. The van der Waals surface area contributed by atoms with Crippen LogP contribution in [0.4, 0.5) is 0 Å². The first kappa shape index (κ1) is 10.4. The van der Waals surface area contributed by atoms with Crippen molar-refractivity contribution in [2.24, 2.45) is 5.73 Å². The lowest BCUT2D eigenvalue weighted by atomic mass is 10.2. The number of carbonyl (C=O) groups excluding carboxylic acids is 1. The molecule has 1 aromatic rings. The van der Waals surface area contributed by atoms with E-state index in [1.165, 1.54) is 6.20 Å². The van der Waals surface area contributed by atoms with Gasteiger partial charge in [-0.1, -0.05) is 11.6 Å². The molecule has 1 atom stereocenters. The van der Waals surface area contributed by atoms with Gasteiger partial charge in [0.15, 0.2) is 0 Å². The van der Waals surface area contributed by atoms with Crippen molar-refractivity contribution in [2.75, 3.05) is 13.1 Å². The third-order valence-corrected chi connectivity index (χ3v) is 2.69. The number of hydrogen-bond donors (Lipinski definition) is 1. The summed E-state index contributed by atoms with van der Waals surface area (Å²) < 4.78 is 0. The fourth-order valence-corrected chi connectivity index (χ4v) is 1.86. The minimum Gasteiger partial charge on any atom is -0.337 e. The molecular formula is C10H12ClN3O. The number of hydrogen-bond acceptors (Lipinski definition) is 3. The Labute approximate surface area is 93.0 Å². The number of carbonyl (C=O) groups is 1.